The van der Waals surface area contributed by atoms with Crippen LogP contribution < -0.4 is 9.47 Å². The number of thiazole rings is 1. The topological polar surface area (TPSA) is 89.0 Å². The van der Waals surface area contributed by atoms with Gasteiger partial charge in [-0.1, -0.05) is 25.2 Å². The number of hydrogen-bond donors (Lipinski definition) is 0. The van der Waals surface area contributed by atoms with Crippen LogP contribution in [-0.4, -0.2) is 67.9 Å². The van der Waals surface area contributed by atoms with E-state index in [1.807, 2.05) is 18.2 Å². The Labute approximate surface area is 222 Å². The lowest BCUT2D eigenvalue weighted by Crippen LogP contribution is -2.42. The summed E-state index contributed by atoms with van der Waals surface area (Å²) < 4.78 is 40.3. The van der Waals surface area contributed by atoms with E-state index in [0.717, 1.165) is 22.4 Å². The third-order valence-electron chi connectivity index (χ3n) is 7.15. The number of carbonyl (C=O) groups excluding carboxylic acids is 1. The summed E-state index contributed by atoms with van der Waals surface area (Å²) in [4.78, 5) is 19.7. The van der Waals surface area contributed by atoms with Gasteiger partial charge in [0, 0.05) is 44.6 Å². The average molecular weight is 544 g/mol. The van der Waals surface area contributed by atoms with Crippen LogP contribution >= 0.6 is 11.3 Å². The van der Waals surface area contributed by atoms with Crippen molar-refractivity contribution in [2.75, 3.05) is 33.3 Å². The highest BCUT2D eigenvalue weighted by molar-refractivity contribution is 7.89. The van der Waals surface area contributed by atoms with Gasteiger partial charge >= 0.3 is 0 Å². The molecule has 2 atom stereocenters. The predicted molar refractivity (Wildman–Crippen MR) is 144 cm³/mol. The number of ether oxygens (including phenoxy) is 2. The van der Waals surface area contributed by atoms with Gasteiger partial charge in [-0.15, -0.1) is 0 Å². The molecule has 8 nitrogen and oxygen atoms in total. The van der Waals surface area contributed by atoms with E-state index >= 15 is 0 Å². The molecule has 5 rings (SSSR count). The first kappa shape index (κ1) is 25.9. The molecule has 0 aliphatic carbocycles. The average Bonchev–Trinajstić information content (AvgIpc) is 3.29. The number of sulfonamides is 1. The van der Waals surface area contributed by atoms with Gasteiger partial charge in [-0.2, -0.15) is 4.31 Å². The van der Waals surface area contributed by atoms with Crippen molar-refractivity contribution in [1.82, 2.24) is 14.2 Å². The molecule has 198 valence electrons. The van der Waals surface area contributed by atoms with Crippen LogP contribution in [0.4, 0.5) is 0 Å². The maximum atomic E-state index is 13.1. The van der Waals surface area contributed by atoms with E-state index in [1.165, 1.54) is 11.3 Å². The first-order valence-corrected chi connectivity index (χ1v) is 15.0. The number of amides is 1. The summed E-state index contributed by atoms with van der Waals surface area (Å²) in [5, 5.41) is 0.627. The van der Waals surface area contributed by atoms with Gasteiger partial charge in [0.25, 0.3) is 11.1 Å². The number of fused-ring (bicyclic) bond motifs is 1. The lowest BCUT2D eigenvalue weighted by atomic mass is 9.94. The van der Waals surface area contributed by atoms with E-state index in [2.05, 4.69) is 18.8 Å². The van der Waals surface area contributed by atoms with Crippen molar-refractivity contribution < 1.29 is 22.7 Å². The number of rotatable bonds is 6. The van der Waals surface area contributed by atoms with Crippen molar-refractivity contribution in [3.8, 4) is 10.9 Å². The Bertz CT molecular complexity index is 1350. The minimum Gasteiger partial charge on any atom is -0.497 e. The van der Waals surface area contributed by atoms with Crippen LogP contribution in [0.5, 0.6) is 10.9 Å². The highest BCUT2D eigenvalue weighted by atomic mass is 32.2. The molecule has 2 fully saturated rings. The molecule has 3 aromatic rings. The van der Waals surface area contributed by atoms with E-state index in [9.17, 15) is 13.2 Å². The van der Waals surface area contributed by atoms with Gasteiger partial charge in [0.2, 0.25) is 10.0 Å². The molecule has 0 spiro atoms. The van der Waals surface area contributed by atoms with Crippen molar-refractivity contribution >= 4 is 37.5 Å². The van der Waals surface area contributed by atoms with Gasteiger partial charge in [0.1, 0.15) is 11.9 Å². The first-order chi connectivity index (χ1) is 17.7. The third-order valence-corrected chi connectivity index (χ3v) is 9.90. The molecule has 2 saturated heterocycles. The number of benzene rings is 2. The molecular weight excluding hydrogens is 510 g/mol. The lowest BCUT2D eigenvalue weighted by Gasteiger charge is -2.34. The standard InChI is InChI=1S/C27H33N3O5S2/c1-18-14-19(2)17-30(16-18)37(32,33)23-7-4-20(5-8-23)26(31)29-12-10-21(11-13-29)35-27-28-24-9-6-22(34-3)15-25(24)36-27/h4-9,15,18-19,21H,10-14,16-17H2,1-3H3. The second-order valence-electron chi connectivity index (χ2n) is 10.2. The molecule has 1 amide bonds. The van der Waals surface area contributed by atoms with Crippen molar-refractivity contribution in [3.63, 3.8) is 0 Å². The van der Waals surface area contributed by atoms with Gasteiger partial charge in [-0.3, -0.25) is 4.79 Å². The Morgan fingerprint density at radius 3 is 2.35 bits per heavy atom. The smallest absolute Gasteiger partial charge is 0.274 e. The molecule has 2 aromatic carbocycles. The summed E-state index contributed by atoms with van der Waals surface area (Å²) in [5.74, 6) is 1.37. The molecule has 0 bridgehead atoms. The summed E-state index contributed by atoms with van der Waals surface area (Å²) in [7, 11) is -1.93. The highest BCUT2D eigenvalue weighted by Crippen LogP contribution is 2.32. The van der Waals surface area contributed by atoms with Crippen molar-refractivity contribution in [3.05, 3.63) is 48.0 Å². The Balaban J connectivity index is 1.18. The van der Waals surface area contributed by atoms with Crippen LogP contribution in [0.25, 0.3) is 10.2 Å². The van der Waals surface area contributed by atoms with E-state index in [0.29, 0.717) is 61.6 Å². The van der Waals surface area contributed by atoms with Gasteiger partial charge in [0.05, 0.1) is 22.2 Å². The van der Waals surface area contributed by atoms with Crippen molar-refractivity contribution in [1.29, 1.82) is 0 Å². The van der Waals surface area contributed by atoms with Crippen LogP contribution in [-0.2, 0) is 10.0 Å². The Morgan fingerprint density at radius 1 is 1.03 bits per heavy atom. The SMILES string of the molecule is COc1ccc2nc(OC3CCN(C(=O)c4ccc(S(=O)(=O)N5CC(C)CC(C)C5)cc4)CC3)sc2c1. The third kappa shape index (κ3) is 5.61. The second-order valence-corrected chi connectivity index (χ2v) is 13.1. The van der Waals surface area contributed by atoms with Crippen LogP contribution in [0.2, 0.25) is 0 Å². The summed E-state index contributed by atoms with van der Waals surface area (Å²) >= 11 is 1.49. The molecule has 2 aliphatic heterocycles. The summed E-state index contributed by atoms with van der Waals surface area (Å²) in [6, 6.07) is 12.1. The van der Waals surface area contributed by atoms with E-state index in [-0.39, 0.29) is 16.9 Å². The molecule has 0 saturated carbocycles. The molecule has 10 heteroatoms. The Hall–Kier alpha value is -2.69. The molecule has 3 heterocycles. The number of piperidine rings is 2. The van der Waals surface area contributed by atoms with Gasteiger partial charge in [-0.25, -0.2) is 13.4 Å². The minimum atomic E-state index is -3.57. The van der Waals surface area contributed by atoms with E-state index in [1.54, 1.807) is 40.6 Å². The van der Waals surface area contributed by atoms with Crippen LogP contribution in [0.3, 0.4) is 0 Å². The summed E-state index contributed by atoms with van der Waals surface area (Å²) in [6.45, 7) is 6.40. The Morgan fingerprint density at radius 2 is 1.70 bits per heavy atom. The number of methoxy groups -OCH3 is 1. The molecule has 0 radical (unpaired) electrons. The van der Waals surface area contributed by atoms with Gasteiger partial charge < -0.3 is 14.4 Å². The quantitative estimate of drug-likeness (QED) is 0.450. The van der Waals surface area contributed by atoms with Crippen LogP contribution in [0.15, 0.2) is 47.4 Å². The molecule has 2 aliphatic rings. The lowest BCUT2D eigenvalue weighted by molar-refractivity contribution is 0.0595. The zero-order chi connectivity index (χ0) is 26.2. The van der Waals surface area contributed by atoms with E-state index in [4.69, 9.17) is 9.47 Å². The van der Waals surface area contributed by atoms with Gasteiger partial charge in [0.15, 0.2) is 0 Å². The normalized spacial score (nSPS) is 21.8. The maximum Gasteiger partial charge on any atom is 0.274 e. The zero-order valence-electron chi connectivity index (χ0n) is 21.4. The van der Waals surface area contributed by atoms with Crippen molar-refractivity contribution in [2.45, 2.75) is 44.1 Å². The first-order valence-electron chi connectivity index (χ1n) is 12.7. The number of hydrogen-bond acceptors (Lipinski definition) is 7. The fourth-order valence-corrected chi connectivity index (χ4v) is 7.87. The molecule has 37 heavy (non-hydrogen) atoms. The number of nitrogens with zero attached hydrogens (tertiary/aromatic N) is 3. The predicted octanol–water partition coefficient (Wildman–Crippen LogP) is 4.66. The molecule has 1 aromatic heterocycles. The zero-order valence-corrected chi connectivity index (χ0v) is 23.1. The number of likely N-dealkylation sites (tertiary alicyclic amines) is 1. The summed E-state index contributed by atoms with van der Waals surface area (Å²) in [6.07, 6.45) is 2.45. The van der Waals surface area contributed by atoms with Crippen LogP contribution in [0.1, 0.15) is 43.5 Å². The number of aromatic nitrogens is 1. The number of carbonyl (C=O) groups is 1. The molecule has 0 N–H and O–H groups in total. The Kier molecular flexibility index (Phi) is 7.42. The fraction of sp³-hybridized carbons (Fsp3) is 0.481. The minimum absolute atomic E-state index is 0.00615. The fourth-order valence-electron chi connectivity index (χ4n) is 5.28. The maximum absolute atomic E-state index is 13.1. The second kappa shape index (κ2) is 10.6. The largest absolute Gasteiger partial charge is 0.497 e. The monoisotopic (exact) mass is 543 g/mol. The van der Waals surface area contributed by atoms with Crippen LogP contribution in [0, 0.1) is 11.8 Å². The van der Waals surface area contributed by atoms with Crippen molar-refractivity contribution in [2.24, 2.45) is 11.8 Å². The van der Waals surface area contributed by atoms with E-state index < -0.39 is 10.0 Å². The van der Waals surface area contributed by atoms with Gasteiger partial charge in [-0.05, 0) is 60.7 Å². The highest BCUT2D eigenvalue weighted by Gasteiger charge is 2.32. The molecular formula is C27H33N3O5S2. The summed E-state index contributed by atoms with van der Waals surface area (Å²) in [5.41, 5.74) is 1.38. The molecule has 2 unspecified atom stereocenters.